The van der Waals surface area contributed by atoms with Crippen molar-refractivity contribution in [2.45, 2.75) is 46.7 Å². The van der Waals surface area contributed by atoms with Gasteiger partial charge in [-0.2, -0.15) is 0 Å². The summed E-state index contributed by atoms with van der Waals surface area (Å²) in [7, 11) is 0. The van der Waals surface area contributed by atoms with Crippen molar-refractivity contribution in [2.24, 2.45) is 11.8 Å². The summed E-state index contributed by atoms with van der Waals surface area (Å²) in [6, 6.07) is 0.555. The van der Waals surface area contributed by atoms with Gasteiger partial charge in [-0.3, -0.25) is 0 Å². The molecular formula is C15H26N4. The lowest BCUT2D eigenvalue weighted by molar-refractivity contribution is 0.551. The first-order valence-corrected chi connectivity index (χ1v) is 7.34. The summed E-state index contributed by atoms with van der Waals surface area (Å²) in [5.74, 6) is 2.29. The summed E-state index contributed by atoms with van der Waals surface area (Å²) < 4.78 is 0. The van der Waals surface area contributed by atoms with Crippen molar-refractivity contribution in [1.29, 1.82) is 0 Å². The monoisotopic (exact) mass is 262 g/mol. The Hall–Kier alpha value is -1.16. The molecule has 2 rings (SSSR count). The summed E-state index contributed by atoms with van der Waals surface area (Å²) in [6.07, 6.45) is 5.14. The number of nitrogens with one attached hydrogen (secondary N) is 1. The zero-order valence-corrected chi connectivity index (χ0v) is 12.6. The van der Waals surface area contributed by atoms with E-state index in [1.54, 1.807) is 0 Å². The highest BCUT2D eigenvalue weighted by molar-refractivity contribution is 5.33. The van der Waals surface area contributed by atoms with Crippen LogP contribution in [-0.4, -0.2) is 29.1 Å². The molecule has 19 heavy (non-hydrogen) atoms. The van der Waals surface area contributed by atoms with E-state index in [9.17, 15) is 0 Å². The Balaban J connectivity index is 1.91. The molecule has 2 heterocycles. The zero-order valence-electron chi connectivity index (χ0n) is 12.6. The topological polar surface area (TPSA) is 41.1 Å². The van der Waals surface area contributed by atoms with E-state index < -0.39 is 0 Å². The Morgan fingerprint density at radius 1 is 1.32 bits per heavy atom. The Morgan fingerprint density at radius 2 is 2.00 bits per heavy atom. The second-order valence-electron chi connectivity index (χ2n) is 6.26. The fourth-order valence-corrected chi connectivity index (χ4v) is 2.67. The first kappa shape index (κ1) is 14.3. The second kappa shape index (κ2) is 6.33. The quantitative estimate of drug-likeness (QED) is 0.885. The third kappa shape index (κ3) is 3.90. The van der Waals surface area contributed by atoms with Gasteiger partial charge >= 0.3 is 0 Å². The summed E-state index contributed by atoms with van der Waals surface area (Å²) in [5.41, 5.74) is 1.16. The highest BCUT2D eigenvalue weighted by atomic mass is 15.3. The molecule has 0 amide bonds. The third-order valence-electron chi connectivity index (χ3n) is 3.61. The Morgan fingerprint density at radius 3 is 2.53 bits per heavy atom. The fourth-order valence-electron chi connectivity index (χ4n) is 2.67. The van der Waals surface area contributed by atoms with Crippen LogP contribution in [0.4, 0.5) is 5.95 Å². The van der Waals surface area contributed by atoms with E-state index in [2.05, 4.69) is 47.9 Å². The van der Waals surface area contributed by atoms with Crippen molar-refractivity contribution < 1.29 is 0 Å². The molecule has 1 fully saturated rings. The van der Waals surface area contributed by atoms with Gasteiger partial charge in [0.05, 0.1) is 0 Å². The van der Waals surface area contributed by atoms with Crippen molar-refractivity contribution in [3.05, 3.63) is 18.0 Å². The standard InChI is InChI=1S/C15H26N4/c1-11(2)6-16-7-14-8-17-15(18-9-14)19-10-12(3)5-13(19)4/h8-9,11-13,16H,5-7,10H2,1-4H3. The highest BCUT2D eigenvalue weighted by Gasteiger charge is 2.27. The van der Waals surface area contributed by atoms with Crippen LogP contribution < -0.4 is 10.2 Å². The predicted molar refractivity (Wildman–Crippen MR) is 79.2 cm³/mol. The number of aromatic nitrogens is 2. The number of hydrogen-bond donors (Lipinski definition) is 1. The smallest absolute Gasteiger partial charge is 0.225 e. The first-order chi connectivity index (χ1) is 9.06. The lowest BCUT2D eigenvalue weighted by Gasteiger charge is -2.21. The molecule has 0 radical (unpaired) electrons. The fraction of sp³-hybridized carbons (Fsp3) is 0.733. The maximum atomic E-state index is 4.52. The minimum atomic E-state index is 0.555. The minimum Gasteiger partial charge on any atom is -0.338 e. The van der Waals surface area contributed by atoms with Crippen molar-refractivity contribution in [2.75, 3.05) is 18.0 Å². The summed E-state index contributed by atoms with van der Waals surface area (Å²) in [4.78, 5) is 11.4. The Labute approximate surface area is 116 Å². The molecule has 1 aliphatic heterocycles. The van der Waals surface area contributed by atoms with Crippen LogP contribution in [0.15, 0.2) is 12.4 Å². The maximum Gasteiger partial charge on any atom is 0.225 e. The van der Waals surface area contributed by atoms with E-state index >= 15 is 0 Å². The SMILES string of the molecule is CC(C)CNCc1cnc(N2CC(C)CC2C)nc1. The third-order valence-corrected chi connectivity index (χ3v) is 3.61. The van der Waals surface area contributed by atoms with E-state index in [1.807, 2.05) is 12.4 Å². The van der Waals surface area contributed by atoms with Gasteiger partial charge in [-0.1, -0.05) is 20.8 Å². The average Bonchev–Trinajstić information content (AvgIpc) is 2.69. The van der Waals surface area contributed by atoms with E-state index in [4.69, 9.17) is 0 Å². The van der Waals surface area contributed by atoms with E-state index in [0.29, 0.717) is 12.0 Å². The van der Waals surface area contributed by atoms with Crippen LogP contribution >= 0.6 is 0 Å². The van der Waals surface area contributed by atoms with Crippen LogP contribution in [0.5, 0.6) is 0 Å². The van der Waals surface area contributed by atoms with Gasteiger partial charge < -0.3 is 10.2 Å². The van der Waals surface area contributed by atoms with Gasteiger partial charge in [0.1, 0.15) is 0 Å². The van der Waals surface area contributed by atoms with Gasteiger partial charge in [-0.15, -0.1) is 0 Å². The molecule has 0 aliphatic carbocycles. The van der Waals surface area contributed by atoms with Gasteiger partial charge in [0, 0.05) is 37.1 Å². The second-order valence-corrected chi connectivity index (χ2v) is 6.26. The van der Waals surface area contributed by atoms with Crippen LogP contribution in [0.25, 0.3) is 0 Å². The number of rotatable bonds is 5. The molecule has 4 nitrogen and oxygen atoms in total. The summed E-state index contributed by atoms with van der Waals surface area (Å²) in [6.45, 7) is 11.9. The Bertz CT molecular complexity index is 388. The molecule has 0 aromatic carbocycles. The molecule has 4 heteroatoms. The maximum absolute atomic E-state index is 4.52. The number of nitrogens with zero attached hydrogens (tertiary/aromatic N) is 3. The van der Waals surface area contributed by atoms with E-state index in [-0.39, 0.29) is 0 Å². The van der Waals surface area contributed by atoms with Gasteiger partial charge in [0.25, 0.3) is 0 Å². The lowest BCUT2D eigenvalue weighted by atomic mass is 10.1. The van der Waals surface area contributed by atoms with Crippen LogP contribution in [0.2, 0.25) is 0 Å². The molecule has 1 aliphatic rings. The molecule has 2 atom stereocenters. The molecule has 1 aromatic rings. The van der Waals surface area contributed by atoms with Gasteiger partial charge in [-0.25, -0.2) is 9.97 Å². The van der Waals surface area contributed by atoms with Crippen LogP contribution in [-0.2, 0) is 6.54 Å². The van der Waals surface area contributed by atoms with Gasteiger partial charge in [0.2, 0.25) is 5.95 Å². The van der Waals surface area contributed by atoms with Crippen molar-refractivity contribution in [1.82, 2.24) is 15.3 Å². The number of anilines is 1. The predicted octanol–water partition coefficient (Wildman–Crippen LogP) is 2.46. The average molecular weight is 262 g/mol. The van der Waals surface area contributed by atoms with Crippen molar-refractivity contribution in [3.8, 4) is 0 Å². The largest absolute Gasteiger partial charge is 0.338 e. The summed E-state index contributed by atoms with van der Waals surface area (Å²) in [5, 5.41) is 3.41. The molecule has 106 valence electrons. The first-order valence-electron chi connectivity index (χ1n) is 7.34. The Kier molecular flexibility index (Phi) is 4.75. The van der Waals surface area contributed by atoms with E-state index in [1.165, 1.54) is 6.42 Å². The highest BCUT2D eigenvalue weighted by Crippen LogP contribution is 2.25. The molecule has 0 saturated carbocycles. The molecule has 0 bridgehead atoms. The number of hydrogen-bond acceptors (Lipinski definition) is 4. The van der Waals surface area contributed by atoms with Crippen LogP contribution in [0.1, 0.15) is 39.7 Å². The van der Waals surface area contributed by atoms with Crippen molar-refractivity contribution in [3.63, 3.8) is 0 Å². The van der Waals surface area contributed by atoms with Gasteiger partial charge in [0.15, 0.2) is 0 Å². The van der Waals surface area contributed by atoms with Gasteiger partial charge in [-0.05, 0) is 31.7 Å². The lowest BCUT2D eigenvalue weighted by Crippen LogP contribution is -2.28. The molecule has 1 N–H and O–H groups in total. The van der Waals surface area contributed by atoms with Crippen LogP contribution in [0.3, 0.4) is 0 Å². The van der Waals surface area contributed by atoms with E-state index in [0.717, 1.165) is 37.1 Å². The van der Waals surface area contributed by atoms with Crippen LogP contribution in [0, 0.1) is 11.8 Å². The minimum absolute atomic E-state index is 0.555. The molecule has 1 saturated heterocycles. The normalized spacial score (nSPS) is 23.3. The molecule has 1 aromatic heterocycles. The van der Waals surface area contributed by atoms with Crippen molar-refractivity contribution >= 4 is 5.95 Å². The molecule has 2 unspecified atom stereocenters. The molecular weight excluding hydrogens is 236 g/mol. The zero-order chi connectivity index (χ0) is 13.8. The molecule has 0 spiro atoms. The summed E-state index contributed by atoms with van der Waals surface area (Å²) >= 11 is 0.